The van der Waals surface area contributed by atoms with Crippen LogP contribution >= 0.6 is 0 Å². The lowest BCUT2D eigenvalue weighted by Gasteiger charge is -2.19. The van der Waals surface area contributed by atoms with Gasteiger partial charge >= 0.3 is 0 Å². The maximum absolute atomic E-state index is 12.4. The van der Waals surface area contributed by atoms with Gasteiger partial charge in [0.2, 0.25) is 0 Å². The summed E-state index contributed by atoms with van der Waals surface area (Å²) < 4.78 is 0. The Kier molecular flexibility index (Phi) is 4.17. The molecule has 1 amide bonds. The van der Waals surface area contributed by atoms with E-state index in [1.54, 1.807) is 0 Å². The second-order valence-corrected chi connectivity index (χ2v) is 6.69. The molecule has 4 nitrogen and oxygen atoms in total. The van der Waals surface area contributed by atoms with Crippen LogP contribution in [0.2, 0.25) is 0 Å². The summed E-state index contributed by atoms with van der Waals surface area (Å²) in [6.45, 7) is 5.00. The van der Waals surface area contributed by atoms with E-state index in [-0.39, 0.29) is 5.91 Å². The largest absolute Gasteiger partial charge is 0.340 e. The summed E-state index contributed by atoms with van der Waals surface area (Å²) in [5.41, 5.74) is 6.57. The fraction of sp³-hybridized carbons (Fsp3) is 0.182. The van der Waals surface area contributed by atoms with E-state index in [0.29, 0.717) is 11.4 Å². The second kappa shape index (κ2) is 6.64. The van der Waals surface area contributed by atoms with Crippen LogP contribution in [0, 0.1) is 13.8 Å². The van der Waals surface area contributed by atoms with E-state index in [9.17, 15) is 4.79 Å². The van der Waals surface area contributed by atoms with Crippen molar-refractivity contribution in [3.8, 4) is 0 Å². The molecule has 4 heteroatoms. The van der Waals surface area contributed by atoms with Crippen molar-refractivity contribution in [2.75, 3.05) is 16.8 Å². The second-order valence-electron chi connectivity index (χ2n) is 6.69. The molecule has 1 aliphatic rings. The Morgan fingerprint density at radius 2 is 1.88 bits per heavy atom. The molecule has 2 aromatic carbocycles. The Morgan fingerprint density at radius 1 is 1.04 bits per heavy atom. The van der Waals surface area contributed by atoms with E-state index in [1.165, 1.54) is 16.8 Å². The highest BCUT2D eigenvalue weighted by molar-refractivity contribution is 6.04. The van der Waals surface area contributed by atoms with Crippen molar-refractivity contribution in [1.29, 1.82) is 0 Å². The number of hydrogen-bond donors (Lipinski definition) is 1. The molecule has 0 radical (unpaired) electrons. The van der Waals surface area contributed by atoms with E-state index in [0.717, 1.165) is 24.2 Å². The highest BCUT2D eigenvalue weighted by Crippen LogP contribution is 2.34. The molecule has 0 saturated carbocycles. The van der Waals surface area contributed by atoms with Crippen LogP contribution in [-0.4, -0.2) is 17.4 Å². The van der Waals surface area contributed by atoms with Crippen molar-refractivity contribution < 1.29 is 4.79 Å². The van der Waals surface area contributed by atoms with Gasteiger partial charge in [-0.3, -0.25) is 4.79 Å². The number of anilines is 3. The zero-order chi connectivity index (χ0) is 18.1. The minimum atomic E-state index is -0.139. The molecule has 0 spiro atoms. The molecule has 26 heavy (non-hydrogen) atoms. The third kappa shape index (κ3) is 3.06. The van der Waals surface area contributed by atoms with Gasteiger partial charge in [-0.25, -0.2) is 4.98 Å². The summed E-state index contributed by atoms with van der Waals surface area (Å²) in [6, 6.07) is 18.0. The van der Waals surface area contributed by atoms with Crippen molar-refractivity contribution >= 4 is 23.1 Å². The van der Waals surface area contributed by atoms with Gasteiger partial charge in [0.25, 0.3) is 5.91 Å². The average Bonchev–Trinajstić information content (AvgIpc) is 3.09. The predicted molar refractivity (Wildman–Crippen MR) is 105 cm³/mol. The summed E-state index contributed by atoms with van der Waals surface area (Å²) in [6.07, 6.45) is 2.86. The van der Waals surface area contributed by atoms with Gasteiger partial charge in [-0.15, -0.1) is 0 Å². The number of para-hydroxylation sites is 1. The van der Waals surface area contributed by atoms with Crippen LogP contribution in [0.25, 0.3) is 0 Å². The smallest absolute Gasteiger partial charge is 0.256 e. The lowest BCUT2D eigenvalue weighted by atomic mass is 10.1. The summed E-state index contributed by atoms with van der Waals surface area (Å²) in [5.74, 6) is 0.421. The highest BCUT2D eigenvalue weighted by atomic mass is 16.1. The number of fused-ring (bicyclic) bond motifs is 1. The number of amides is 1. The van der Waals surface area contributed by atoms with Gasteiger partial charge in [-0.2, -0.15) is 0 Å². The van der Waals surface area contributed by atoms with Crippen molar-refractivity contribution in [3.05, 3.63) is 83.0 Å². The highest BCUT2D eigenvalue weighted by Gasteiger charge is 2.20. The Morgan fingerprint density at radius 3 is 2.65 bits per heavy atom. The molecular formula is C22H21N3O. The number of carbonyl (C=O) groups is 1. The lowest BCUT2D eigenvalue weighted by Crippen LogP contribution is -2.15. The van der Waals surface area contributed by atoms with E-state index >= 15 is 0 Å². The SMILES string of the molecule is Cc1ccc(C(=O)Nc2ccc(N3CCc4ccccc43)cn2)cc1C. The molecule has 0 unspecified atom stereocenters. The molecule has 0 bridgehead atoms. The van der Waals surface area contributed by atoms with Gasteiger partial charge in [0.05, 0.1) is 11.9 Å². The zero-order valence-corrected chi connectivity index (χ0v) is 15.0. The number of rotatable bonds is 3. The van der Waals surface area contributed by atoms with E-state index in [1.807, 2.05) is 50.4 Å². The molecule has 1 aromatic heterocycles. The molecule has 3 aromatic rings. The van der Waals surface area contributed by atoms with Gasteiger partial charge in [0.15, 0.2) is 0 Å². The van der Waals surface area contributed by atoms with Crippen molar-refractivity contribution in [3.63, 3.8) is 0 Å². The molecule has 1 aliphatic heterocycles. The van der Waals surface area contributed by atoms with Crippen LogP contribution in [0.3, 0.4) is 0 Å². The van der Waals surface area contributed by atoms with Gasteiger partial charge in [-0.1, -0.05) is 24.3 Å². The monoisotopic (exact) mass is 343 g/mol. The molecule has 130 valence electrons. The number of benzene rings is 2. The Balaban J connectivity index is 1.50. The quantitative estimate of drug-likeness (QED) is 0.753. The number of aryl methyl sites for hydroxylation is 2. The fourth-order valence-corrected chi connectivity index (χ4v) is 3.30. The average molecular weight is 343 g/mol. The number of pyridine rings is 1. The first-order valence-electron chi connectivity index (χ1n) is 8.82. The van der Waals surface area contributed by atoms with Gasteiger partial charge in [0, 0.05) is 17.8 Å². The summed E-state index contributed by atoms with van der Waals surface area (Å²) in [5, 5.41) is 2.87. The normalized spacial score (nSPS) is 12.8. The van der Waals surface area contributed by atoms with Gasteiger partial charge in [-0.05, 0) is 67.3 Å². The maximum Gasteiger partial charge on any atom is 0.256 e. The summed E-state index contributed by atoms with van der Waals surface area (Å²) in [4.78, 5) is 19.1. The number of nitrogens with zero attached hydrogens (tertiary/aromatic N) is 2. The van der Waals surface area contributed by atoms with Crippen molar-refractivity contribution in [1.82, 2.24) is 4.98 Å². The van der Waals surface area contributed by atoms with Crippen molar-refractivity contribution in [2.24, 2.45) is 0 Å². The molecular weight excluding hydrogens is 322 g/mol. The number of carbonyl (C=O) groups excluding carboxylic acids is 1. The summed E-state index contributed by atoms with van der Waals surface area (Å²) >= 11 is 0. The molecule has 0 saturated heterocycles. The Bertz CT molecular complexity index is 963. The third-order valence-electron chi connectivity index (χ3n) is 4.96. The van der Waals surface area contributed by atoms with Crippen LogP contribution in [-0.2, 0) is 6.42 Å². The first-order chi connectivity index (χ1) is 12.6. The minimum Gasteiger partial charge on any atom is -0.340 e. The maximum atomic E-state index is 12.4. The number of hydrogen-bond acceptors (Lipinski definition) is 3. The summed E-state index contributed by atoms with van der Waals surface area (Å²) in [7, 11) is 0. The first-order valence-corrected chi connectivity index (χ1v) is 8.82. The fourth-order valence-electron chi connectivity index (χ4n) is 3.30. The molecule has 4 rings (SSSR count). The van der Waals surface area contributed by atoms with Crippen LogP contribution in [0.15, 0.2) is 60.8 Å². The minimum absolute atomic E-state index is 0.139. The topological polar surface area (TPSA) is 45.2 Å². The lowest BCUT2D eigenvalue weighted by molar-refractivity contribution is 0.102. The predicted octanol–water partition coefficient (Wildman–Crippen LogP) is 4.64. The van der Waals surface area contributed by atoms with E-state index < -0.39 is 0 Å². The molecule has 0 aliphatic carbocycles. The number of aromatic nitrogens is 1. The van der Waals surface area contributed by atoms with Crippen LogP contribution in [0.4, 0.5) is 17.2 Å². The molecule has 1 N–H and O–H groups in total. The van der Waals surface area contributed by atoms with Gasteiger partial charge in [0.1, 0.15) is 5.82 Å². The van der Waals surface area contributed by atoms with Crippen LogP contribution < -0.4 is 10.2 Å². The first kappa shape index (κ1) is 16.3. The van der Waals surface area contributed by atoms with Crippen LogP contribution in [0.1, 0.15) is 27.0 Å². The number of nitrogens with one attached hydrogen (secondary N) is 1. The zero-order valence-electron chi connectivity index (χ0n) is 15.0. The van der Waals surface area contributed by atoms with Crippen LogP contribution in [0.5, 0.6) is 0 Å². The van der Waals surface area contributed by atoms with E-state index in [2.05, 4.69) is 39.5 Å². The standard InChI is InChI=1S/C22H21N3O/c1-15-7-8-18(13-16(15)2)22(26)24-21-10-9-19(14-23-21)25-12-11-17-5-3-4-6-20(17)25/h3-10,13-14H,11-12H2,1-2H3,(H,23,24,26). The third-order valence-corrected chi connectivity index (χ3v) is 4.96. The molecule has 0 fully saturated rings. The van der Waals surface area contributed by atoms with Gasteiger partial charge < -0.3 is 10.2 Å². The van der Waals surface area contributed by atoms with Crippen molar-refractivity contribution in [2.45, 2.75) is 20.3 Å². The molecule has 0 atom stereocenters. The Labute approximate surface area is 153 Å². The Hall–Kier alpha value is -3.14. The van der Waals surface area contributed by atoms with E-state index in [4.69, 9.17) is 0 Å². The molecule has 2 heterocycles.